The highest BCUT2D eigenvalue weighted by Gasteiger charge is 2.23. The summed E-state index contributed by atoms with van der Waals surface area (Å²) >= 11 is 0. The summed E-state index contributed by atoms with van der Waals surface area (Å²) in [4.78, 5) is 49.0. The Hall–Kier alpha value is -3.67. The maximum absolute atomic E-state index is 12.4. The van der Waals surface area contributed by atoms with E-state index < -0.39 is 23.7 Å². The molecule has 0 unspecified atom stereocenters. The van der Waals surface area contributed by atoms with Crippen molar-refractivity contribution in [3.8, 4) is 6.07 Å². The highest BCUT2D eigenvalue weighted by molar-refractivity contribution is 5.97. The number of hydrogen-bond acceptors (Lipinski definition) is 5. The van der Waals surface area contributed by atoms with Gasteiger partial charge < -0.3 is 10.6 Å². The predicted molar refractivity (Wildman–Crippen MR) is 101 cm³/mol. The van der Waals surface area contributed by atoms with Gasteiger partial charge in [-0.25, -0.2) is 9.36 Å². The van der Waals surface area contributed by atoms with Gasteiger partial charge in [-0.15, -0.1) is 0 Å². The van der Waals surface area contributed by atoms with Crippen LogP contribution in [0.4, 0.5) is 5.69 Å². The van der Waals surface area contributed by atoms with Gasteiger partial charge in [0.1, 0.15) is 18.2 Å². The summed E-state index contributed by atoms with van der Waals surface area (Å²) in [5.74, 6) is -0.834. The van der Waals surface area contributed by atoms with Crippen molar-refractivity contribution in [1.29, 1.82) is 5.26 Å². The molecule has 28 heavy (non-hydrogen) atoms. The van der Waals surface area contributed by atoms with Gasteiger partial charge in [0.15, 0.2) is 0 Å². The van der Waals surface area contributed by atoms with Crippen molar-refractivity contribution in [1.82, 2.24) is 14.5 Å². The number of carbonyl (C=O) groups is 2. The second kappa shape index (κ2) is 7.92. The van der Waals surface area contributed by atoms with Crippen molar-refractivity contribution in [2.45, 2.75) is 38.9 Å². The first-order valence-corrected chi connectivity index (χ1v) is 8.88. The summed E-state index contributed by atoms with van der Waals surface area (Å²) in [7, 11) is 0. The zero-order valence-corrected chi connectivity index (χ0v) is 15.3. The zero-order valence-electron chi connectivity index (χ0n) is 15.3. The smallest absolute Gasteiger partial charge is 0.331 e. The Morgan fingerprint density at radius 1 is 1.29 bits per heavy atom. The summed E-state index contributed by atoms with van der Waals surface area (Å²) < 4.78 is 1.91. The average Bonchev–Trinajstić information content (AvgIpc) is 3.49. The zero-order chi connectivity index (χ0) is 20.3. The molecule has 2 aromatic rings. The lowest BCUT2D eigenvalue weighted by molar-refractivity contribution is -0.116. The number of aromatic nitrogens is 2. The molecule has 1 aromatic heterocycles. The van der Waals surface area contributed by atoms with Gasteiger partial charge >= 0.3 is 5.69 Å². The van der Waals surface area contributed by atoms with Crippen LogP contribution in [0.25, 0.3) is 0 Å². The molecule has 0 saturated heterocycles. The summed E-state index contributed by atoms with van der Waals surface area (Å²) in [6.07, 6.45) is 3.11. The number of rotatable bonds is 6. The van der Waals surface area contributed by atoms with Gasteiger partial charge in [-0.1, -0.05) is 6.07 Å². The minimum Gasteiger partial charge on any atom is -0.349 e. The summed E-state index contributed by atoms with van der Waals surface area (Å²) in [5, 5.41) is 14.5. The maximum atomic E-state index is 12.4. The van der Waals surface area contributed by atoms with E-state index in [0.717, 1.165) is 17.4 Å². The summed E-state index contributed by atoms with van der Waals surface area (Å²) in [6, 6.07) is 8.33. The quantitative estimate of drug-likeness (QED) is 0.750. The number of carbonyl (C=O) groups excluding carboxylic acids is 2. The lowest BCUT2D eigenvalue weighted by atomic mass is 10.2. The van der Waals surface area contributed by atoms with Gasteiger partial charge in [0, 0.05) is 30.0 Å². The number of hydrogen-bond donors (Lipinski definition) is 2. The van der Waals surface area contributed by atoms with E-state index in [0.29, 0.717) is 11.3 Å². The van der Waals surface area contributed by atoms with Crippen molar-refractivity contribution in [3.05, 3.63) is 62.4 Å². The van der Waals surface area contributed by atoms with Crippen LogP contribution in [-0.4, -0.2) is 27.0 Å². The fraction of sp³-hybridized carbons (Fsp3) is 0.316. The molecule has 0 spiro atoms. The topological polar surface area (TPSA) is 126 Å². The van der Waals surface area contributed by atoms with Crippen molar-refractivity contribution in [2.24, 2.45) is 0 Å². The van der Waals surface area contributed by atoms with Crippen molar-refractivity contribution in [3.63, 3.8) is 0 Å². The predicted octanol–water partition coefficient (Wildman–Crippen LogP) is 0.432. The molecular weight excluding hydrogens is 362 g/mol. The van der Waals surface area contributed by atoms with Crippen LogP contribution < -0.4 is 21.9 Å². The van der Waals surface area contributed by atoms with Gasteiger partial charge in [0.05, 0.1) is 0 Å². The fourth-order valence-electron chi connectivity index (χ4n) is 2.67. The molecule has 9 heteroatoms. The van der Waals surface area contributed by atoms with Gasteiger partial charge in [0.25, 0.3) is 11.5 Å². The van der Waals surface area contributed by atoms with Crippen LogP contribution in [0.5, 0.6) is 0 Å². The van der Waals surface area contributed by atoms with E-state index in [9.17, 15) is 19.2 Å². The molecule has 3 rings (SSSR count). The standard InChI is InChI=1S/C19H19N5O4/c1-2-23-10-13(9-20)18(27)24(19(23)28)11-16(25)21-15-5-3-4-12(8-15)17(26)22-14-6-7-14/h3-5,8,10,14H,2,6-7,11H2,1H3,(H,21,25)(H,22,26). The molecule has 1 heterocycles. The molecule has 1 aromatic carbocycles. The molecule has 144 valence electrons. The molecule has 0 bridgehead atoms. The Balaban J connectivity index is 1.78. The van der Waals surface area contributed by atoms with Gasteiger partial charge in [-0.05, 0) is 38.0 Å². The number of nitriles is 1. The Labute approximate surface area is 160 Å². The fourth-order valence-corrected chi connectivity index (χ4v) is 2.67. The second-order valence-corrected chi connectivity index (χ2v) is 6.49. The first-order valence-electron chi connectivity index (χ1n) is 8.88. The lowest BCUT2D eigenvalue weighted by Crippen LogP contribution is -2.43. The van der Waals surface area contributed by atoms with Crippen LogP contribution in [0.1, 0.15) is 35.7 Å². The van der Waals surface area contributed by atoms with E-state index in [4.69, 9.17) is 5.26 Å². The van der Waals surface area contributed by atoms with Crippen LogP contribution in [0.2, 0.25) is 0 Å². The minimum atomic E-state index is -0.815. The normalized spacial score (nSPS) is 12.9. The third-order valence-electron chi connectivity index (χ3n) is 4.32. The van der Waals surface area contributed by atoms with E-state index in [2.05, 4.69) is 10.6 Å². The van der Waals surface area contributed by atoms with Crippen LogP contribution >= 0.6 is 0 Å². The van der Waals surface area contributed by atoms with Crippen molar-refractivity contribution >= 4 is 17.5 Å². The maximum Gasteiger partial charge on any atom is 0.331 e. The van der Waals surface area contributed by atoms with Crippen LogP contribution in [0.3, 0.4) is 0 Å². The number of aryl methyl sites for hydroxylation is 1. The van der Waals surface area contributed by atoms with Gasteiger partial charge in [-0.3, -0.25) is 19.0 Å². The van der Waals surface area contributed by atoms with Crippen LogP contribution in [-0.2, 0) is 17.9 Å². The minimum absolute atomic E-state index is 0.214. The molecule has 2 amide bonds. The van der Waals surface area contributed by atoms with E-state index in [1.807, 2.05) is 0 Å². The molecule has 1 aliphatic carbocycles. The van der Waals surface area contributed by atoms with E-state index in [1.54, 1.807) is 31.2 Å². The number of amides is 2. The number of nitrogens with one attached hydrogen (secondary N) is 2. The van der Waals surface area contributed by atoms with E-state index in [-0.39, 0.29) is 24.1 Å². The molecular formula is C19H19N5O4. The van der Waals surface area contributed by atoms with E-state index >= 15 is 0 Å². The van der Waals surface area contributed by atoms with Crippen molar-refractivity contribution < 1.29 is 9.59 Å². The number of nitrogens with zero attached hydrogens (tertiary/aromatic N) is 3. The Kier molecular flexibility index (Phi) is 5.40. The summed E-state index contributed by atoms with van der Waals surface area (Å²) in [5.41, 5.74) is -0.924. The van der Waals surface area contributed by atoms with Gasteiger partial charge in [0.2, 0.25) is 5.91 Å². The SMILES string of the molecule is CCn1cc(C#N)c(=O)n(CC(=O)Nc2cccc(C(=O)NC3CC3)c2)c1=O. The molecule has 1 aliphatic rings. The van der Waals surface area contributed by atoms with Crippen molar-refractivity contribution in [2.75, 3.05) is 5.32 Å². The molecule has 9 nitrogen and oxygen atoms in total. The molecule has 1 fully saturated rings. The van der Waals surface area contributed by atoms with Crippen LogP contribution in [0.15, 0.2) is 40.1 Å². The lowest BCUT2D eigenvalue weighted by Gasteiger charge is -2.11. The van der Waals surface area contributed by atoms with Crippen LogP contribution in [0, 0.1) is 11.3 Å². The molecule has 1 saturated carbocycles. The molecule has 0 atom stereocenters. The monoisotopic (exact) mass is 381 g/mol. The first-order chi connectivity index (χ1) is 13.4. The highest BCUT2D eigenvalue weighted by Crippen LogP contribution is 2.20. The third-order valence-corrected chi connectivity index (χ3v) is 4.32. The average molecular weight is 381 g/mol. The molecule has 0 radical (unpaired) electrons. The number of benzene rings is 1. The Morgan fingerprint density at radius 3 is 2.68 bits per heavy atom. The Morgan fingerprint density at radius 2 is 2.04 bits per heavy atom. The Bertz CT molecular complexity index is 1090. The van der Waals surface area contributed by atoms with E-state index in [1.165, 1.54) is 16.8 Å². The van der Waals surface area contributed by atoms with Gasteiger partial charge in [-0.2, -0.15) is 5.26 Å². The number of anilines is 1. The third kappa shape index (κ3) is 4.17. The molecule has 0 aliphatic heterocycles. The molecule has 2 N–H and O–H groups in total. The second-order valence-electron chi connectivity index (χ2n) is 6.49. The first kappa shape index (κ1) is 19.1. The summed E-state index contributed by atoms with van der Waals surface area (Å²) in [6.45, 7) is 1.41. The largest absolute Gasteiger partial charge is 0.349 e. The highest BCUT2D eigenvalue weighted by atomic mass is 16.2.